The summed E-state index contributed by atoms with van der Waals surface area (Å²) in [6.07, 6.45) is 4.68. The maximum absolute atomic E-state index is 11.8. The smallest absolute Gasteiger partial charge is 0.158 e. The minimum atomic E-state index is 0.0979. The van der Waals surface area contributed by atoms with Gasteiger partial charge in [0.2, 0.25) is 0 Å². The van der Waals surface area contributed by atoms with Gasteiger partial charge in [-0.1, -0.05) is 46.1 Å². The summed E-state index contributed by atoms with van der Waals surface area (Å²) in [5, 5.41) is 0. The monoisotopic (exact) mass is 384 g/mol. The van der Waals surface area contributed by atoms with Gasteiger partial charge in [-0.3, -0.25) is 4.79 Å². The summed E-state index contributed by atoms with van der Waals surface area (Å²) >= 11 is 0. The maximum atomic E-state index is 11.8. The van der Waals surface area contributed by atoms with Crippen LogP contribution in [-0.4, -0.2) is 48.4 Å². The van der Waals surface area contributed by atoms with Gasteiger partial charge in [0, 0.05) is 37.4 Å². The van der Waals surface area contributed by atoms with Crippen molar-refractivity contribution in [3.63, 3.8) is 0 Å². The number of nitrogens with zero attached hydrogens (tertiary/aromatic N) is 2. The predicted octanol–water partition coefficient (Wildman–Crippen LogP) is 5.02. The third kappa shape index (κ3) is 9.81. The van der Waals surface area contributed by atoms with E-state index in [2.05, 4.69) is 55.9 Å². The summed E-state index contributed by atoms with van der Waals surface area (Å²) in [5.74, 6) is 0.689. The topological polar surface area (TPSA) is 32.8 Å². The van der Waals surface area contributed by atoms with E-state index >= 15 is 0 Å². The van der Waals surface area contributed by atoms with Crippen LogP contribution in [0.2, 0.25) is 0 Å². The van der Waals surface area contributed by atoms with Crippen LogP contribution in [0.15, 0.2) is 86.5 Å². The van der Waals surface area contributed by atoms with Crippen LogP contribution in [0, 0.1) is 0 Å². The molecule has 0 N–H and O–H groups in total. The van der Waals surface area contributed by atoms with Crippen LogP contribution in [0.5, 0.6) is 0 Å². The third-order valence-corrected chi connectivity index (χ3v) is 4.34. The van der Waals surface area contributed by atoms with Gasteiger partial charge in [-0.15, -0.1) is 0 Å². The highest BCUT2D eigenvalue weighted by Crippen LogP contribution is 2.11. The molecule has 0 saturated heterocycles. The lowest BCUT2D eigenvalue weighted by atomic mass is 10.1. The number of allylic oxidation sites excluding steroid dienone is 4. The van der Waals surface area contributed by atoms with Gasteiger partial charge in [0.1, 0.15) is 12.4 Å². The van der Waals surface area contributed by atoms with E-state index in [0.29, 0.717) is 30.9 Å². The second-order valence-electron chi connectivity index (χ2n) is 6.72. The highest BCUT2D eigenvalue weighted by Gasteiger charge is 2.12. The van der Waals surface area contributed by atoms with Crippen molar-refractivity contribution in [1.82, 2.24) is 9.80 Å². The average Bonchev–Trinajstić information content (AvgIpc) is 2.66. The molecule has 0 heterocycles. The molecule has 0 aromatic heterocycles. The lowest BCUT2D eigenvalue weighted by Gasteiger charge is -2.31. The molecule has 0 aliphatic heterocycles. The Bertz CT molecular complexity index is 587. The molecule has 0 fully saturated rings. The van der Waals surface area contributed by atoms with Crippen molar-refractivity contribution in [3.05, 3.63) is 86.5 Å². The van der Waals surface area contributed by atoms with Crippen molar-refractivity contribution in [2.45, 2.75) is 26.7 Å². The molecule has 28 heavy (non-hydrogen) atoms. The quantitative estimate of drug-likeness (QED) is 0.200. The standard InChI is InChI=1S/C24H36N2O2/c1-10-21(7)25(14-12-13-24(27)20(5)6)15-16-26(22(8)11-2)17-18-28-23(9)19(3)4/h10-11H,1-3,5,7-9,12-18H2,4,6H3. The van der Waals surface area contributed by atoms with Crippen LogP contribution in [0.25, 0.3) is 0 Å². The molecule has 154 valence electrons. The van der Waals surface area contributed by atoms with Gasteiger partial charge in [-0.25, -0.2) is 0 Å². The Balaban J connectivity index is 4.77. The summed E-state index contributed by atoms with van der Waals surface area (Å²) < 4.78 is 5.61. The number of carbonyl (C=O) groups excluding carboxylic acids is 1. The summed E-state index contributed by atoms with van der Waals surface area (Å²) in [4.78, 5) is 16.0. The number of Topliss-reactive ketones (excluding diaryl/α,β-unsaturated/α-hetero) is 1. The summed E-state index contributed by atoms with van der Waals surface area (Å²) in [6.45, 7) is 34.0. The molecule has 0 rings (SSSR count). The Hall–Kier alpha value is -2.75. The van der Waals surface area contributed by atoms with Crippen LogP contribution < -0.4 is 0 Å². The zero-order valence-corrected chi connectivity index (χ0v) is 17.8. The van der Waals surface area contributed by atoms with E-state index in [1.807, 2.05) is 6.92 Å². The van der Waals surface area contributed by atoms with E-state index in [1.54, 1.807) is 19.1 Å². The van der Waals surface area contributed by atoms with Gasteiger partial charge < -0.3 is 14.5 Å². The van der Waals surface area contributed by atoms with Gasteiger partial charge in [0.15, 0.2) is 5.78 Å². The second kappa shape index (κ2) is 13.4. The molecule has 0 unspecified atom stereocenters. The minimum Gasteiger partial charge on any atom is -0.492 e. The number of hydrogen-bond acceptors (Lipinski definition) is 4. The van der Waals surface area contributed by atoms with E-state index < -0.39 is 0 Å². The molecule has 0 bridgehead atoms. The molecule has 0 saturated carbocycles. The van der Waals surface area contributed by atoms with Crippen LogP contribution >= 0.6 is 0 Å². The maximum Gasteiger partial charge on any atom is 0.158 e. The van der Waals surface area contributed by atoms with Crippen LogP contribution in [0.4, 0.5) is 0 Å². The molecule has 0 amide bonds. The van der Waals surface area contributed by atoms with Crippen LogP contribution in [0.3, 0.4) is 0 Å². The molecule has 0 aromatic carbocycles. The Morgan fingerprint density at radius 2 is 1.32 bits per heavy atom. The van der Waals surface area contributed by atoms with Crippen molar-refractivity contribution in [1.29, 1.82) is 0 Å². The summed E-state index contributed by atoms with van der Waals surface area (Å²) in [7, 11) is 0. The van der Waals surface area contributed by atoms with Crippen molar-refractivity contribution in [2.75, 3.05) is 32.8 Å². The highest BCUT2D eigenvalue weighted by atomic mass is 16.5. The predicted molar refractivity (Wildman–Crippen MR) is 121 cm³/mol. The Kier molecular flexibility index (Phi) is 12.1. The number of carbonyl (C=O) groups is 1. The molecule has 0 spiro atoms. The first kappa shape index (κ1) is 25.2. The number of ether oxygens (including phenoxy) is 1. The third-order valence-electron chi connectivity index (χ3n) is 4.34. The van der Waals surface area contributed by atoms with E-state index in [1.165, 1.54) is 0 Å². The molecule has 0 aliphatic carbocycles. The van der Waals surface area contributed by atoms with E-state index in [-0.39, 0.29) is 5.78 Å². The molecule has 0 aromatic rings. The Labute approximate surface area is 171 Å². The summed E-state index contributed by atoms with van der Waals surface area (Å²) in [5.41, 5.74) is 3.07. The van der Waals surface area contributed by atoms with E-state index in [0.717, 1.165) is 43.0 Å². The van der Waals surface area contributed by atoms with Gasteiger partial charge in [0.05, 0.1) is 6.54 Å². The molecule has 0 atom stereocenters. The van der Waals surface area contributed by atoms with Crippen LogP contribution in [0.1, 0.15) is 26.7 Å². The SMILES string of the molecule is C=CC(=C)N(CCCC(=O)C(=C)C)CCN(CCOC(=C)C(=C)C)C(=C)C=C. The number of ketones is 1. The number of hydrogen-bond donors (Lipinski definition) is 0. The fraction of sp³-hybridized carbons (Fsp3) is 0.375. The Morgan fingerprint density at radius 1 is 0.821 bits per heavy atom. The van der Waals surface area contributed by atoms with E-state index in [4.69, 9.17) is 4.74 Å². The van der Waals surface area contributed by atoms with Gasteiger partial charge in [-0.2, -0.15) is 0 Å². The lowest BCUT2D eigenvalue weighted by Crippen LogP contribution is -2.35. The fourth-order valence-electron chi connectivity index (χ4n) is 2.34. The first-order valence-electron chi connectivity index (χ1n) is 9.42. The fourth-order valence-corrected chi connectivity index (χ4v) is 2.34. The first-order chi connectivity index (χ1) is 13.1. The summed E-state index contributed by atoms with van der Waals surface area (Å²) in [6, 6.07) is 0. The molecular weight excluding hydrogens is 348 g/mol. The molecular formula is C24H36N2O2. The minimum absolute atomic E-state index is 0.0979. The van der Waals surface area contributed by atoms with Crippen LogP contribution in [-0.2, 0) is 9.53 Å². The number of rotatable bonds is 17. The zero-order valence-electron chi connectivity index (χ0n) is 17.8. The van der Waals surface area contributed by atoms with Crippen molar-refractivity contribution in [2.24, 2.45) is 0 Å². The second-order valence-corrected chi connectivity index (χ2v) is 6.72. The van der Waals surface area contributed by atoms with Gasteiger partial charge in [-0.05, 0) is 43.6 Å². The lowest BCUT2D eigenvalue weighted by molar-refractivity contribution is -0.115. The molecule has 0 radical (unpaired) electrons. The van der Waals surface area contributed by atoms with Gasteiger partial charge >= 0.3 is 0 Å². The Morgan fingerprint density at radius 3 is 1.75 bits per heavy atom. The first-order valence-corrected chi connectivity index (χ1v) is 9.42. The molecule has 4 nitrogen and oxygen atoms in total. The van der Waals surface area contributed by atoms with E-state index in [9.17, 15) is 4.79 Å². The van der Waals surface area contributed by atoms with Crippen molar-refractivity contribution in [3.8, 4) is 0 Å². The normalized spacial score (nSPS) is 9.79. The largest absolute Gasteiger partial charge is 0.492 e. The van der Waals surface area contributed by atoms with Crippen molar-refractivity contribution >= 4 is 5.78 Å². The molecule has 0 aliphatic rings. The highest BCUT2D eigenvalue weighted by molar-refractivity contribution is 5.94. The average molecular weight is 385 g/mol. The zero-order chi connectivity index (χ0) is 21.7. The molecule has 4 heteroatoms. The van der Waals surface area contributed by atoms with Crippen molar-refractivity contribution < 1.29 is 9.53 Å². The van der Waals surface area contributed by atoms with Gasteiger partial charge in [0.25, 0.3) is 0 Å².